The lowest BCUT2D eigenvalue weighted by atomic mass is 9.65. The lowest BCUT2D eigenvalue weighted by Crippen LogP contribution is -2.26. The van der Waals surface area contributed by atoms with Crippen LogP contribution in [-0.4, -0.2) is 10.2 Å². The molecule has 110 valence electrons. The van der Waals surface area contributed by atoms with E-state index in [0.29, 0.717) is 0 Å². The highest BCUT2D eigenvalue weighted by Crippen LogP contribution is 2.53. The van der Waals surface area contributed by atoms with E-state index in [1.54, 1.807) is 12.1 Å². The molecule has 1 aromatic carbocycles. The number of hydrogen-bond donors (Lipinski definition) is 2. The van der Waals surface area contributed by atoms with Crippen molar-refractivity contribution in [1.82, 2.24) is 0 Å². The van der Waals surface area contributed by atoms with Crippen LogP contribution >= 0.6 is 0 Å². The first kappa shape index (κ1) is 15.0. The van der Waals surface area contributed by atoms with Gasteiger partial charge in [0.2, 0.25) is 0 Å². The molecule has 1 aromatic rings. The molecule has 1 aliphatic carbocycles. The smallest absolute Gasteiger partial charge is 0.119 e. The second-order valence-electron chi connectivity index (χ2n) is 8.00. The first-order valence-electron chi connectivity index (χ1n) is 7.26. The summed E-state index contributed by atoms with van der Waals surface area (Å²) in [5, 5.41) is 20.7. The van der Waals surface area contributed by atoms with E-state index in [1.807, 2.05) is 0 Å². The van der Waals surface area contributed by atoms with Crippen molar-refractivity contribution in [1.29, 1.82) is 0 Å². The average Bonchev–Trinajstić information content (AvgIpc) is 2.30. The molecular formula is C18H26O2. The van der Waals surface area contributed by atoms with Crippen molar-refractivity contribution in [3.05, 3.63) is 35.4 Å². The van der Waals surface area contributed by atoms with Gasteiger partial charge in [-0.2, -0.15) is 0 Å². The van der Waals surface area contributed by atoms with Crippen molar-refractivity contribution in [3.63, 3.8) is 0 Å². The van der Waals surface area contributed by atoms with Crippen LogP contribution in [-0.2, 0) is 0 Å². The van der Waals surface area contributed by atoms with Crippen LogP contribution in [0.5, 0.6) is 11.5 Å². The van der Waals surface area contributed by atoms with Gasteiger partial charge in [-0.1, -0.05) is 53.7 Å². The predicted octanol–water partition coefficient (Wildman–Crippen LogP) is 4.93. The maximum absolute atomic E-state index is 10.4. The minimum atomic E-state index is -0.000617. The molecule has 2 N–H and O–H groups in total. The van der Waals surface area contributed by atoms with Gasteiger partial charge in [-0.3, -0.25) is 0 Å². The Morgan fingerprint density at radius 2 is 1.00 bits per heavy atom. The Bertz CT molecular complexity index is 493. The summed E-state index contributed by atoms with van der Waals surface area (Å²) in [6.45, 7) is 13.0. The van der Waals surface area contributed by atoms with Crippen LogP contribution in [0.15, 0.2) is 24.3 Å². The number of aromatic hydroxyl groups is 2. The van der Waals surface area contributed by atoms with Gasteiger partial charge < -0.3 is 10.2 Å². The molecule has 0 saturated heterocycles. The maximum Gasteiger partial charge on any atom is 0.119 e. The van der Waals surface area contributed by atoms with Gasteiger partial charge in [0.25, 0.3) is 0 Å². The van der Waals surface area contributed by atoms with Gasteiger partial charge in [-0.25, -0.2) is 0 Å². The summed E-state index contributed by atoms with van der Waals surface area (Å²) in [4.78, 5) is 0. The van der Waals surface area contributed by atoms with Crippen LogP contribution in [0.1, 0.15) is 64.5 Å². The summed E-state index contributed by atoms with van der Waals surface area (Å²) < 4.78 is 0. The Morgan fingerprint density at radius 3 is 1.25 bits per heavy atom. The van der Waals surface area contributed by atoms with Crippen LogP contribution in [0, 0.1) is 10.8 Å². The van der Waals surface area contributed by atoms with Crippen LogP contribution in [0.2, 0.25) is 0 Å². The maximum atomic E-state index is 10.4. The highest BCUT2D eigenvalue weighted by Gasteiger charge is 2.38. The van der Waals surface area contributed by atoms with Gasteiger partial charge in [-0.15, -0.1) is 0 Å². The van der Waals surface area contributed by atoms with E-state index in [0.717, 1.165) is 11.1 Å². The molecule has 0 amide bonds. The Labute approximate surface area is 122 Å². The van der Waals surface area contributed by atoms with E-state index >= 15 is 0 Å². The molecule has 0 heterocycles. The summed E-state index contributed by atoms with van der Waals surface area (Å²) in [5.74, 6) is 0.805. The summed E-state index contributed by atoms with van der Waals surface area (Å²) >= 11 is 0. The fourth-order valence-electron chi connectivity index (χ4n) is 3.13. The second-order valence-corrected chi connectivity index (χ2v) is 8.00. The van der Waals surface area contributed by atoms with E-state index in [4.69, 9.17) is 0 Å². The highest BCUT2D eigenvalue weighted by molar-refractivity contribution is 5.56. The van der Waals surface area contributed by atoms with E-state index in [-0.39, 0.29) is 34.2 Å². The molecule has 0 fully saturated rings. The molecule has 2 nitrogen and oxygen atoms in total. The van der Waals surface area contributed by atoms with Crippen molar-refractivity contribution in [2.45, 2.75) is 53.4 Å². The monoisotopic (exact) mass is 274 g/mol. The molecule has 0 spiro atoms. The SMILES string of the molecule is CC(C)(C)C1C=CC(C(C)(C)C)c2c(O)ccc(O)c21. The summed E-state index contributed by atoms with van der Waals surface area (Å²) in [5.41, 5.74) is 1.78. The zero-order valence-electron chi connectivity index (χ0n) is 13.4. The molecule has 0 aliphatic heterocycles. The third kappa shape index (κ3) is 2.44. The topological polar surface area (TPSA) is 40.5 Å². The lowest BCUT2D eigenvalue weighted by Gasteiger charge is -2.39. The number of phenolic OH excluding ortho intramolecular Hbond substituents is 2. The summed E-state index contributed by atoms with van der Waals surface area (Å²) in [7, 11) is 0. The van der Waals surface area contributed by atoms with Gasteiger partial charge in [0.05, 0.1) is 0 Å². The molecule has 0 aromatic heterocycles. The van der Waals surface area contributed by atoms with E-state index in [1.165, 1.54) is 0 Å². The molecule has 0 bridgehead atoms. The highest BCUT2D eigenvalue weighted by atomic mass is 16.3. The van der Waals surface area contributed by atoms with Crippen molar-refractivity contribution in [2.75, 3.05) is 0 Å². The third-order valence-corrected chi connectivity index (χ3v) is 4.23. The van der Waals surface area contributed by atoms with Gasteiger partial charge in [0.1, 0.15) is 11.5 Å². The molecule has 0 saturated carbocycles. The van der Waals surface area contributed by atoms with Crippen LogP contribution in [0.25, 0.3) is 0 Å². The molecule has 1 aliphatic rings. The first-order valence-corrected chi connectivity index (χ1v) is 7.26. The van der Waals surface area contributed by atoms with Crippen LogP contribution in [0.3, 0.4) is 0 Å². The summed E-state index contributed by atoms with van der Waals surface area (Å²) in [6.07, 6.45) is 4.38. The van der Waals surface area contributed by atoms with Crippen LogP contribution in [0.4, 0.5) is 0 Å². The molecule has 2 rings (SSSR count). The van der Waals surface area contributed by atoms with Crippen molar-refractivity contribution in [2.24, 2.45) is 10.8 Å². The van der Waals surface area contributed by atoms with Crippen molar-refractivity contribution in [3.8, 4) is 11.5 Å². The minimum absolute atomic E-state index is 0.000617. The Hall–Kier alpha value is -1.44. The second kappa shape index (κ2) is 4.54. The average molecular weight is 274 g/mol. The number of fused-ring (bicyclic) bond motifs is 1. The lowest BCUT2D eigenvalue weighted by molar-refractivity contribution is 0.314. The predicted molar refractivity (Wildman–Crippen MR) is 83.3 cm³/mol. The number of benzene rings is 1. The first-order chi connectivity index (χ1) is 9.03. The standard InChI is InChI=1S/C18H26O2/c1-17(2,3)11-7-8-12(18(4,5)6)16-14(20)10-9-13(19)15(11)16/h7-12,19-20H,1-6H3. The molecule has 2 unspecified atom stereocenters. The van der Waals surface area contributed by atoms with Crippen LogP contribution < -0.4 is 0 Å². The Morgan fingerprint density at radius 1 is 0.700 bits per heavy atom. The van der Waals surface area contributed by atoms with Gasteiger partial charge in [0, 0.05) is 23.0 Å². The third-order valence-electron chi connectivity index (χ3n) is 4.23. The number of rotatable bonds is 0. The number of hydrogen-bond acceptors (Lipinski definition) is 2. The molecule has 0 radical (unpaired) electrons. The normalized spacial score (nSPS) is 22.7. The molecule has 2 heteroatoms. The fourth-order valence-corrected chi connectivity index (χ4v) is 3.13. The van der Waals surface area contributed by atoms with E-state index in [9.17, 15) is 10.2 Å². The Kier molecular flexibility index (Phi) is 3.40. The zero-order valence-corrected chi connectivity index (χ0v) is 13.4. The molecule has 2 atom stereocenters. The molecular weight excluding hydrogens is 248 g/mol. The number of phenols is 2. The van der Waals surface area contributed by atoms with Gasteiger partial charge in [-0.05, 0) is 23.0 Å². The zero-order chi connectivity index (χ0) is 15.3. The largest absolute Gasteiger partial charge is 0.508 e. The fraction of sp³-hybridized carbons (Fsp3) is 0.556. The Balaban J connectivity index is 2.72. The van der Waals surface area contributed by atoms with Crippen molar-refractivity contribution >= 4 is 0 Å². The van der Waals surface area contributed by atoms with Gasteiger partial charge in [0.15, 0.2) is 0 Å². The minimum Gasteiger partial charge on any atom is -0.508 e. The number of allylic oxidation sites excluding steroid dienone is 2. The molecule has 20 heavy (non-hydrogen) atoms. The quantitative estimate of drug-likeness (QED) is 0.520. The van der Waals surface area contributed by atoms with Gasteiger partial charge >= 0.3 is 0 Å². The summed E-state index contributed by atoms with van der Waals surface area (Å²) in [6, 6.07) is 3.21. The van der Waals surface area contributed by atoms with E-state index in [2.05, 4.69) is 53.7 Å². The van der Waals surface area contributed by atoms with Crippen molar-refractivity contribution < 1.29 is 10.2 Å². The van der Waals surface area contributed by atoms with E-state index < -0.39 is 0 Å².